The number of ether oxygens (including phenoxy) is 2. The van der Waals surface area contributed by atoms with E-state index >= 15 is 0 Å². The van der Waals surface area contributed by atoms with Gasteiger partial charge in [-0.2, -0.15) is 0 Å². The molecule has 0 N–H and O–H groups in total. The van der Waals surface area contributed by atoms with E-state index in [2.05, 4.69) is 26.0 Å². The Morgan fingerprint density at radius 3 is 2.93 bits per heavy atom. The maximum Gasteiger partial charge on any atom is 0.127 e. The molecule has 2 atom stereocenters. The summed E-state index contributed by atoms with van der Waals surface area (Å²) in [7, 11) is 0. The minimum absolute atomic E-state index is 0.0284. The molecular formula is C13H14O2. The van der Waals surface area contributed by atoms with E-state index in [0.717, 1.165) is 18.1 Å². The standard InChI is InChI=1S/C13H14O2/c1-12(2)10-6-13(10)7-14-8-4-3-5-9(15-12)11(8)13/h3-5,10H,6-7H2,1-2H3. The van der Waals surface area contributed by atoms with Crippen LogP contribution in [0.2, 0.25) is 0 Å². The van der Waals surface area contributed by atoms with Crippen molar-refractivity contribution < 1.29 is 9.47 Å². The highest BCUT2D eigenvalue weighted by Crippen LogP contribution is 2.69. The minimum Gasteiger partial charge on any atom is -0.492 e. The summed E-state index contributed by atoms with van der Waals surface area (Å²) in [5.41, 5.74) is 1.61. The molecule has 2 unspecified atom stereocenters. The first kappa shape index (κ1) is 8.03. The van der Waals surface area contributed by atoms with E-state index < -0.39 is 0 Å². The van der Waals surface area contributed by atoms with Gasteiger partial charge in [0.2, 0.25) is 0 Å². The first-order valence-electron chi connectivity index (χ1n) is 5.59. The highest BCUT2D eigenvalue weighted by molar-refractivity contribution is 5.59. The zero-order chi connectivity index (χ0) is 10.3. The quantitative estimate of drug-likeness (QED) is 0.643. The highest BCUT2D eigenvalue weighted by atomic mass is 16.5. The molecule has 78 valence electrons. The van der Waals surface area contributed by atoms with Gasteiger partial charge in [-0.3, -0.25) is 0 Å². The molecule has 1 aromatic rings. The zero-order valence-electron chi connectivity index (χ0n) is 9.04. The summed E-state index contributed by atoms with van der Waals surface area (Å²) in [6.07, 6.45) is 1.23. The molecule has 1 aromatic carbocycles. The van der Waals surface area contributed by atoms with Gasteiger partial charge in [0.1, 0.15) is 17.1 Å². The van der Waals surface area contributed by atoms with E-state index in [1.165, 1.54) is 12.0 Å². The normalized spacial score (nSPS) is 37.3. The summed E-state index contributed by atoms with van der Waals surface area (Å²) in [4.78, 5) is 0. The highest BCUT2D eigenvalue weighted by Gasteiger charge is 2.69. The summed E-state index contributed by atoms with van der Waals surface area (Å²) < 4.78 is 11.9. The van der Waals surface area contributed by atoms with Crippen molar-refractivity contribution in [3.63, 3.8) is 0 Å². The lowest BCUT2D eigenvalue weighted by Crippen LogP contribution is -2.39. The summed E-state index contributed by atoms with van der Waals surface area (Å²) in [5.74, 6) is 2.73. The first-order chi connectivity index (χ1) is 7.13. The van der Waals surface area contributed by atoms with E-state index in [-0.39, 0.29) is 5.60 Å². The monoisotopic (exact) mass is 202 g/mol. The van der Waals surface area contributed by atoms with Crippen LogP contribution >= 0.6 is 0 Å². The van der Waals surface area contributed by atoms with Gasteiger partial charge in [0, 0.05) is 16.9 Å². The van der Waals surface area contributed by atoms with Gasteiger partial charge in [-0.15, -0.1) is 0 Å². The number of hydrogen-bond donors (Lipinski definition) is 0. The lowest BCUT2D eigenvalue weighted by molar-refractivity contribution is 0.0594. The Balaban J connectivity index is 2.01. The zero-order valence-corrected chi connectivity index (χ0v) is 9.04. The predicted octanol–water partition coefficient (Wildman–Crippen LogP) is 2.51. The third-order valence-corrected chi connectivity index (χ3v) is 4.26. The van der Waals surface area contributed by atoms with E-state index in [0.29, 0.717) is 11.3 Å². The number of hydrogen-bond acceptors (Lipinski definition) is 2. The van der Waals surface area contributed by atoms with E-state index in [4.69, 9.17) is 9.47 Å². The van der Waals surface area contributed by atoms with Crippen molar-refractivity contribution in [2.24, 2.45) is 5.92 Å². The topological polar surface area (TPSA) is 18.5 Å². The molecule has 2 nitrogen and oxygen atoms in total. The van der Waals surface area contributed by atoms with Crippen molar-refractivity contribution >= 4 is 0 Å². The maximum atomic E-state index is 6.08. The molecule has 15 heavy (non-hydrogen) atoms. The van der Waals surface area contributed by atoms with Gasteiger partial charge >= 0.3 is 0 Å². The Morgan fingerprint density at radius 2 is 2.07 bits per heavy atom. The lowest BCUT2D eigenvalue weighted by Gasteiger charge is -2.34. The fraction of sp³-hybridized carbons (Fsp3) is 0.538. The van der Waals surface area contributed by atoms with E-state index in [9.17, 15) is 0 Å². The smallest absolute Gasteiger partial charge is 0.127 e. The van der Waals surface area contributed by atoms with Crippen LogP contribution in [0.25, 0.3) is 0 Å². The summed E-state index contributed by atoms with van der Waals surface area (Å²) in [6, 6.07) is 6.15. The maximum absolute atomic E-state index is 6.08. The van der Waals surface area contributed by atoms with Crippen LogP contribution in [0.15, 0.2) is 18.2 Å². The molecule has 4 rings (SSSR count). The van der Waals surface area contributed by atoms with Crippen LogP contribution in [0.1, 0.15) is 25.8 Å². The van der Waals surface area contributed by atoms with Crippen LogP contribution in [0.4, 0.5) is 0 Å². The first-order valence-corrected chi connectivity index (χ1v) is 5.59. The Hall–Kier alpha value is -1.18. The molecule has 2 heterocycles. The summed E-state index contributed by atoms with van der Waals surface area (Å²) in [6.45, 7) is 5.25. The molecule has 0 saturated heterocycles. The van der Waals surface area contributed by atoms with Gasteiger partial charge in [-0.05, 0) is 32.4 Å². The molecular weight excluding hydrogens is 188 g/mol. The SMILES string of the molecule is CC1(C)Oc2cccc3c2C2(CO3)CC12. The van der Waals surface area contributed by atoms with Crippen molar-refractivity contribution in [3.05, 3.63) is 23.8 Å². The van der Waals surface area contributed by atoms with Gasteiger partial charge < -0.3 is 9.47 Å². The summed E-state index contributed by atoms with van der Waals surface area (Å²) in [5, 5.41) is 0. The third kappa shape index (κ3) is 0.747. The van der Waals surface area contributed by atoms with Gasteiger partial charge in [-0.25, -0.2) is 0 Å². The second-order valence-corrected chi connectivity index (χ2v) is 5.54. The van der Waals surface area contributed by atoms with Crippen LogP contribution in [-0.2, 0) is 5.41 Å². The van der Waals surface area contributed by atoms with E-state index in [1.807, 2.05) is 6.07 Å². The van der Waals surface area contributed by atoms with E-state index in [1.54, 1.807) is 0 Å². The molecule has 0 bridgehead atoms. The molecule has 3 aliphatic rings. The average molecular weight is 202 g/mol. The van der Waals surface area contributed by atoms with Gasteiger partial charge in [0.15, 0.2) is 0 Å². The lowest BCUT2D eigenvalue weighted by atomic mass is 9.85. The fourth-order valence-electron chi connectivity index (χ4n) is 3.49. The van der Waals surface area contributed by atoms with Crippen LogP contribution in [0.3, 0.4) is 0 Å². The molecule has 0 amide bonds. The van der Waals surface area contributed by atoms with Crippen LogP contribution < -0.4 is 9.47 Å². The Bertz CT molecular complexity index is 464. The van der Waals surface area contributed by atoms with Gasteiger partial charge in [0.05, 0.1) is 6.61 Å². The average Bonchev–Trinajstić information content (AvgIpc) is 2.79. The van der Waals surface area contributed by atoms with Crippen molar-refractivity contribution in [3.8, 4) is 11.5 Å². The van der Waals surface area contributed by atoms with Gasteiger partial charge in [0.25, 0.3) is 0 Å². The van der Waals surface area contributed by atoms with Crippen molar-refractivity contribution in [2.75, 3.05) is 6.61 Å². The van der Waals surface area contributed by atoms with Crippen LogP contribution in [0, 0.1) is 5.92 Å². The molecule has 1 saturated carbocycles. The van der Waals surface area contributed by atoms with Crippen LogP contribution in [0.5, 0.6) is 11.5 Å². The Morgan fingerprint density at radius 1 is 1.27 bits per heavy atom. The van der Waals surface area contributed by atoms with Crippen molar-refractivity contribution in [1.29, 1.82) is 0 Å². The van der Waals surface area contributed by atoms with Crippen molar-refractivity contribution in [2.45, 2.75) is 31.3 Å². The summed E-state index contributed by atoms with van der Waals surface area (Å²) >= 11 is 0. The fourth-order valence-corrected chi connectivity index (χ4v) is 3.49. The predicted molar refractivity (Wildman–Crippen MR) is 56.4 cm³/mol. The molecule has 2 aliphatic heterocycles. The third-order valence-electron chi connectivity index (χ3n) is 4.26. The molecule has 0 aromatic heterocycles. The Kier molecular flexibility index (Phi) is 1.08. The second-order valence-electron chi connectivity index (χ2n) is 5.54. The minimum atomic E-state index is -0.0284. The second kappa shape index (κ2) is 2.01. The molecule has 1 fully saturated rings. The largest absolute Gasteiger partial charge is 0.492 e. The van der Waals surface area contributed by atoms with Crippen LogP contribution in [-0.4, -0.2) is 12.2 Å². The molecule has 0 radical (unpaired) electrons. The van der Waals surface area contributed by atoms with Crippen molar-refractivity contribution in [1.82, 2.24) is 0 Å². The molecule has 1 aliphatic carbocycles. The Labute approximate surface area is 89.2 Å². The molecule has 2 heteroatoms. The number of rotatable bonds is 0. The van der Waals surface area contributed by atoms with Gasteiger partial charge in [-0.1, -0.05) is 6.07 Å². The molecule has 1 spiro atoms. The number of benzene rings is 1.